The van der Waals surface area contributed by atoms with Crippen LogP contribution in [0.4, 0.5) is 0 Å². The molecule has 1 aliphatic rings. The molecule has 64 valence electrons. The predicted octanol–water partition coefficient (Wildman–Crippen LogP) is 1.60. The second-order valence-electron chi connectivity index (χ2n) is 2.99. The lowest BCUT2D eigenvalue weighted by atomic mass is 10.0. The molecule has 0 bridgehead atoms. The Kier molecular flexibility index (Phi) is 1.95. The molecule has 1 unspecified atom stereocenters. The van der Waals surface area contributed by atoms with Crippen LogP contribution in [0.1, 0.15) is 5.56 Å². The summed E-state index contributed by atoms with van der Waals surface area (Å²) in [4.78, 5) is 0. The summed E-state index contributed by atoms with van der Waals surface area (Å²) >= 11 is 5.97. The van der Waals surface area contributed by atoms with Crippen LogP contribution in [0.3, 0.4) is 0 Å². The van der Waals surface area contributed by atoms with Gasteiger partial charge in [0.1, 0.15) is 12.4 Å². The van der Waals surface area contributed by atoms with Crippen LogP contribution in [0.15, 0.2) is 18.2 Å². The Morgan fingerprint density at radius 2 is 2.33 bits per heavy atom. The van der Waals surface area contributed by atoms with Gasteiger partial charge < -0.3 is 10.5 Å². The summed E-state index contributed by atoms with van der Waals surface area (Å²) in [6.07, 6.45) is 0.814. The molecule has 2 rings (SSSR count). The SMILES string of the molecule is NC1COc2cccc(Cl)c2C1. The zero-order valence-electron chi connectivity index (χ0n) is 6.59. The molecule has 1 aromatic rings. The Bertz CT molecular complexity index is 301. The van der Waals surface area contributed by atoms with Gasteiger partial charge in [0.25, 0.3) is 0 Å². The Labute approximate surface area is 76.3 Å². The highest BCUT2D eigenvalue weighted by Crippen LogP contribution is 2.30. The van der Waals surface area contributed by atoms with Gasteiger partial charge in [-0.15, -0.1) is 0 Å². The molecule has 12 heavy (non-hydrogen) atoms. The molecule has 2 nitrogen and oxygen atoms in total. The number of halogens is 1. The van der Waals surface area contributed by atoms with E-state index >= 15 is 0 Å². The van der Waals surface area contributed by atoms with E-state index in [-0.39, 0.29) is 6.04 Å². The molecule has 0 aromatic heterocycles. The quantitative estimate of drug-likeness (QED) is 0.663. The van der Waals surface area contributed by atoms with E-state index in [1.165, 1.54) is 0 Å². The molecule has 0 saturated carbocycles. The fraction of sp³-hybridized carbons (Fsp3) is 0.333. The largest absolute Gasteiger partial charge is 0.492 e. The van der Waals surface area contributed by atoms with Crippen LogP contribution in [0.5, 0.6) is 5.75 Å². The van der Waals surface area contributed by atoms with Gasteiger partial charge in [0.05, 0.1) is 0 Å². The van der Waals surface area contributed by atoms with Gasteiger partial charge in [-0.2, -0.15) is 0 Å². The van der Waals surface area contributed by atoms with Gasteiger partial charge in [0, 0.05) is 16.6 Å². The van der Waals surface area contributed by atoms with Gasteiger partial charge in [-0.1, -0.05) is 17.7 Å². The molecule has 0 aliphatic carbocycles. The molecule has 0 radical (unpaired) electrons. The Morgan fingerprint density at radius 1 is 1.50 bits per heavy atom. The molecular weight excluding hydrogens is 174 g/mol. The first-order valence-corrected chi connectivity index (χ1v) is 4.31. The molecule has 2 N–H and O–H groups in total. The minimum absolute atomic E-state index is 0.0809. The van der Waals surface area contributed by atoms with Gasteiger partial charge in [-0.3, -0.25) is 0 Å². The van der Waals surface area contributed by atoms with E-state index in [1.807, 2.05) is 18.2 Å². The fourth-order valence-electron chi connectivity index (χ4n) is 1.39. The Hall–Kier alpha value is -0.730. The van der Waals surface area contributed by atoms with E-state index < -0.39 is 0 Å². The minimum Gasteiger partial charge on any atom is -0.492 e. The highest BCUT2D eigenvalue weighted by atomic mass is 35.5. The number of benzene rings is 1. The molecule has 0 saturated heterocycles. The second kappa shape index (κ2) is 2.96. The molecule has 3 heteroatoms. The summed E-state index contributed by atoms with van der Waals surface area (Å²) in [5.74, 6) is 0.879. The average molecular weight is 184 g/mol. The summed E-state index contributed by atoms with van der Waals surface area (Å²) in [6.45, 7) is 0.591. The van der Waals surface area contributed by atoms with Crippen LogP contribution in [-0.2, 0) is 6.42 Å². The van der Waals surface area contributed by atoms with Gasteiger partial charge >= 0.3 is 0 Å². The first-order chi connectivity index (χ1) is 5.77. The van der Waals surface area contributed by atoms with Gasteiger partial charge in [-0.05, 0) is 18.6 Å². The van der Waals surface area contributed by atoms with Crippen LogP contribution in [0, 0.1) is 0 Å². The second-order valence-corrected chi connectivity index (χ2v) is 3.40. The number of hydrogen-bond donors (Lipinski definition) is 1. The Morgan fingerprint density at radius 3 is 3.17 bits per heavy atom. The highest BCUT2D eigenvalue weighted by molar-refractivity contribution is 6.31. The molecule has 1 heterocycles. The van der Waals surface area contributed by atoms with Gasteiger partial charge in [0.15, 0.2) is 0 Å². The Balaban J connectivity index is 2.43. The summed E-state index contributed by atoms with van der Waals surface area (Å²) < 4.78 is 5.41. The normalized spacial score (nSPS) is 21.3. The maximum Gasteiger partial charge on any atom is 0.124 e. The zero-order valence-corrected chi connectivity index (χ0v) is 7.34. The fourth-order valence-corrected chi connectivity index (χ4v) is 1.63. The maximum absolute atomic E-state index is 5.97. The van der Waals surface area contributed by atoms with Crippen molar-refractivity contribution >= 4 is 11.6 Å². The van der Waals surface area contributed by atoms with E-state index in [9.17, 15) is 0 Å². The van der Waals surface area contributed by atoms with Crippen molar-refractivity contribution < 1.29 is 4.74 Å². The third-order valence-corrected chi connectivity index (χ3v) is 2.35. The minimum atomic E-state index is 0.0809. The van der Waals surface area contributed by atoms with Crippen molar-refractivity contribution in [3.8, 4) is 5.75 Å². The van der Waals surface area contributed by atoms with Crippen molar-refractivity contribution in [2.24, 2.45) is 5.73 Å². The van der Waals surface area contributed by atoms with Crippen LogP contribution < -0.4 is 10.5 Å². The summed E-state index contributed by atoms with van der Waals surface area (Å²) in [5.41, 5.74) is 6.77. The summed E-state index contributed by atoms with van der Waals surface area (Å²) in [7, 11) is 0. The number of ether oxygens (including phenoxy) is 1. The van der Waals surface area contributed by atoms with Crippen LogP contribution in [0.25, 0.3) is 0 Å². The van der Waals surface area contributed by atoms with Crippen LogP contribution in [0.2, 0.25) is 5.02 Å². The van der Waals surface area contributed by atoms with Gasteiger partial charge in [0.2, 0.25) is 0 Å². The summed E-state index contributed by atoms with van der Waals surface area (Å²) in [6, 6.07) is 5.75. The topological polar surface area (TPSA) is 35.2 Å². The molecule has 0 amide bonds. The lowest BCUT2D eigenvalue weighted by Crippen LogP contribution is -2.33. The lowest BCUT2D eigenvalue weighted by molar-refractivity contribution is 0.263. The van der Waals surface area contributed by atoms with Crippen molar-refractivity contribution in [1.82, 2.24) is 0 Å². The zero-order chi connectivity index (χ0) is 8.55. The van der Waals surface area contributed by atoms with Crippen LogP contribution >= 0.6 is 11.6 Å². The average Bonchev–Trinajstić information content (AvgIpc) is 2.07. The third kappa shape index (κ3) is 1.28. The van der Waals surface area contributed by atoms with Crippen molar-refractivity contribution in [2.45, 2.75) is 12.5 Å². The monoisotopic (exact) mass is 183 g/mol. The molecule has 1 atom stereocenters. The van der Waals surface area contributed by atoms with E-state index in [0.29, 0.717) is 6.61 Å². The van der Waals surface area contributed by atoms with Crippen molar-refractivity contribution in [3.63, 3.8) is 0 Å². The number of fused-ring (bicyclic) bond motifs is 1. The molecule has 1 aliphatic heterocycles. The smallest absolute Gasteiger partial charge is 0.124 e. The molecule has 0 fully saturated rings. The van der Waals surface area contributed by atoms with Crippen molar-refractivity contribution in [3.05, 3.63) is 28.8 Å². The molecule has 1 aromatic carbocycles. The standard InChI is InChI=1S/C9H10ClNO/c10-8-2-1-3-9-7(8)4-6(11)5-12-9/h1-3,6H,4-5,11H2. The van der Waals surface area contributed by atoms with Crippen molar-refractivity contribution in [2.75, 3.05) is 6.61 Å². The lowest BCUT2D eigenvalue weighted by Gasteiger charge is -2.22. The highest BCUT2D eigenvalue weighted by Gasteiger charge is 2.18. The maximum atomic E-state index is 5.97. The predicted molar refractivity (Wildman–Crippen MR) is 48.6 cm³/mol. The van der Waals surface area contributed by atoms with E-state index in [1.54, 1.807) is 0 Å². The summed E-state index contributed by atoms with van der Waals surface area (Å²) in [5, 5.41) is 0.752. The third-order valence-electron chi connectivity index (χ3n) is 2.00. The van der Waals surface area contributed by atoms with E-state index in [4.69, 9.17) is 22.1 Å². The first-order valence-electron chi connectivity index (χ1n) is 3.93. The van der Waals surface area contributed by atoms with E-state index in [2.05, 4.69) is 0 Å². The van der Waals surface area contributed by atoms with Crippen LogP contribution in [-0.4, -0.2) is 12.6 Å². The molecule has 0 spiro atoms. The van der Waals surface area contributed by atoms with Crippen molar-refractivity contribution in [1.29, 1.82) is 0 Å². The number of nitrogens with two attached hydrogens (primary N) is 1. The number of hydrogen-bond acceptors (Lipinski definition) is 2. The number of rotatable bonds is 0. The first kappa shape index (κ1) is 7.90. The van der Waals surface area contributed by atoms with Gasteiger partial charge in [-0.25, -0.2) is 0 Å². The molecular formula is C9H10ClNO. The van der Waals surface area contributed by atoms with E-state index in [0.717, 1.165) is 22.8 Å².